The number of carbonyl (C=O) groups is 2. The molecule has 0 saturated carbocycles. The number of carbonyl (C=O) groups excluding carboxylic acids is 2. The van der Waals surface area contributed by atoms with Crippen molar-refractivity contribution in [2.45, 2.75) is 24.9 Å². The van der Waals surface area contributed by atoms with E-state index in [4.69, 9.17) is 18.9 Å². The highest BCUT2D eigenvalue weighted by molar-refractivity contribution is 6.01. The van der Waals surface area contributed by atoms with Gasteiger partial charge < -0.3 is 23.8 Å². The quantitative estimate of drug-likeness (QED) is 0.768. The number of rotatable bonds is 4. The fourth-order valence-electron chi connectivity index (χ4n) is 4.15. The van der Waals surface area contributed by atoms with E-state index in [1.807, 2.05) is 0 Å². The van der Waals surface area contributed by atoms with Gasteiger partial charge in [-0.25, -0.2) is 0 Å². The first-order chi connectivity index (χ1) is 14.5. The van der Waals surface area contributed by atoms with Gasteiger partial charge in [0.15, 0.2) is 17.3 Å². The number of likely N-dealkylation sites (tertiary alicyclic amines) is 1. The summed E-state index contributed by atoms with van der Waals surface area (Å²) in [7, 11) is 4.67. The molecule has 30 heavy (non-hydrogen) atoms. The first kappa shape index (κ1) is 20.1. The number of ether oxygens (including phenoxy) is 4. The summed E-state index contributed by atoms with van der Waals surface area (Å²) in [5.74, 6) is 2.30. The number of piperidine rings is 1. The molecule has 2 aliphatic heterocycles. The van der Waals surface area contributed by atoms with Crippen molar-refractivity contribution in [1.82, 2.24) is 4.90 Å². The maximum absolute atomic E-state index is 13.0. The highest BCUT2D eigenvalue weighted by Gasteiger charge is 2.43. The Morgan fingerprint density at radius 2 is 1.70 bits per heavy atom. The lowest BCUT2D eigenvalue weighted by atomic mass is 9.82. The molecule has 2 aromatic rings. The molecule has 7 nitrogen and oxygen atoms in total. The van der Waals surface area contributed by atoms with Crippen LogP contribution in [0.4, 0.5) is 0 Å². The van der Waals surface area contributed by atoms with Crippen molar-refractivity contribution in [3.8, 4) is 23.0 Å². The average Bonchev–Trinajstić information content (AvgIpc) is 2.78. The van der Waals surface area contributed by atoms with Gasteiger partial charge in [-0.2, -0.15) is 0 Å². The van der Waals surface area contributed by atoms with Crippen molar-refractivity contribution in [3.63, 3.8) is 0 Å². The molecule has 0 aromatic heterocycles. The SMILES string of the molecule is COc1ccc2c(c1)C(=O)CC1(CCN(C(=O)c3ccc(OC)c(OC)c3)CC1)O2. The molecule has 0 unspecified atom stereocenters. The first-order valence-electron chi connectivity index (χ1n) is 9.90. The molecule has 7 heteroatoms. The molecule has 0 radical (unpaired) electrons. The predicted molar refractivity (Wildman–Crippen MR) is 110 cm³/mol. The third-order valence-corrected chi connectivity index (χ3v) is 5.89. The van der Waals surface area contributed by atoms with Crippen LogP contribution in [0, 0.1) is 0 Å². The molecule has 1 amide bonds. The Kier molecular flexibility index (Phi) is 5.28. The van der Waals surface area contributed by atoms with Crippen molar-refractivity contribution >= 4 is 11.7 Å². The summed E-state index contributed by atoms with van der Waals surface area (Å²) in [6.07, 6.45) is 1.51. The largest absolute Gasteiger partial charge is 0.497 e. The molecule has 0 bridgehead atoms. The van der Waals surface area contributed by atoms with Crippen LogP contribution in [0.2, 0.25) is 0 Å². The molecule has 4 rings (SSSR count). The van der Waals surface area contributed by atoms with Gasteiger partial charge in [0.25, 0.3) is 5.91 Å². The average molecular weight is 411 g/mol. The molecule has 2 aromatic carbocycles. The van der Waals surface area contributed by atoms with E-state index in [9.17, 15) is 9.59 Å². The number of amides is 1. The molecule has 0 atom stereocenters. The summed E-state index contributed by atoms with van der Waals surface area (Å²) >= 11 is 0. The van der Waals surface area contributed by atoms with Gasteiger partial charge in [0.05, 0.1) is 33.3 Å². The lowest BCUT2D eigenvalue weighted by Crippen LogP contribution is -2.52. The van der Waals surface area contributed by atoms with E-state index in [-0.39, 0.29) is 11.7 Å². The van der Waals surface area contributed by atoms with Crippen molar-refractivity contribution in [2.24, 2.45) is 0 Å². The normalized spacial score (nSPS) is 17.2. The second-order valence-corrected chi connectivity index (χ2v) is 7.61. The summed E-state index contributed by atoms with van der Waals surface area (Å²) in [5.41, 5.74) is 0.540. The van der Waals surface area contributed by atoms with Crippen LogP contribution in [0.5, 0.6) is 23.0 Å². The molecule has 158 valence electrons. The number of fused-ring (bicyclic) bond motifs is 1. The lowest BCUT2D eigenvalue weighted by molar-refractivity contribution is -0.00577. The monoisotopic (exact) mass is 411 g/mol. The van der Waals surface area contributed by atoms with E-state index in [1.54, 1.807) is 62.6 Å². The van der Waals surface area contributed by atoms with Gasteiger partial charge in [-0.3, -0.25) is 9.59 Å². The molecule has 0 N–H and O–H groups in total. The topological polar surface area (TPSA) is 74.3 Å². The number of Topliss-reactive ketones (excluding diaryl/α,β-unsaturated/α-hetero) is 1. The lowest BCUT2D eigenvalue weighted by Gasteiger charge is -2.44. The minimum Gasteiger partial charge on any atom is -0.497 e. The Bertz CT molecular complexity index is 978. The fraction of sp³-hybridized carbons (Fsp3) is 0.391. The van der Waals surface area contributed by atoms with Gasteiger partial charge in [-0.15, -0.1) is 0 Å². The van der Waals surface area contributed by atoms with Crippen LogP contribution < -0.4 is 18.9 Å². The molecule has 1 saturated heterocycles. The van der Waals surface area contributed by atoms with Crippen molar-refractivity contribution in [3.05, 3.63) is 47.5 Å². The Morgan fingerprint density at radius 1 is 0.967 bits per heavy atom. The van der Waals surface area contributed by atoms with Crippen molar-refractivity contribution < 1.29 is 28.5 Å². The fourth-order valence-corrected chi connectivity index (χ4v) is 4.15. The van der Waals surface area contributed by atoms with Crippen LogP contribution in [0.15, 0.2) is 36.4 Å². The second kappa shape index (κ2) is 7.89. The van der Waals surface area contributed by atoms with Gasteiger partial charge in [0.2, 0.25) is 0 Å². The third-order valence-electron chi connectivity index (χ3n) is 5.89. The molecule has 0 aliphatic carbocycles. The molecule has 2 aliphatic rings. The Morgan fingerprint density at radius 3 is 2.37 bits per heavy atom. The summed E-state index contributed by atoms with van der Waals surface area (Å²) in [6, 6.07) is 10.5. The molecule has 2 heterocycles. The van der Waals surface area contributed by atoms with Gasteiger partial charge >= 0.3 is 0 Å². The smallest absolute Gasteiger partial charge is 0.253 e. The summed E-state index contributed by atoms with van der Waals surface area (Å²) in [5, 5.41) is 0. The minimum atomic E-state index is -0.562. The minimum absolute atomic E-state index is 0.0508. The predicted octanol–water partition coefficient (Wildman–Crippen LogP) is 3.35. The van der Waals surface area contributed by atoms with E-state index in [0.717, 1.165) is 0 Å². The van der Waals surface area contributed by atoms with Crippen LogP contribution in [-0.4, -0.2) is 56.6 Å². The van der Waals surface area contributed by atoms with Crippen LogP contribution in [0.3, 0.4) is 0 Å². The molecular formula is C23H25NO6. The highest BCUT2D eigenvalue weighted by atomic mass is 16.5. The first-order valence-corrected chi connectivity index (χ1v) is 9.90. The van der Waals surface area contributed by atoms with Crippen LogP contribution in [-0.2, 0) is 0 Å². The Labute approximate surface area is 175 Å². The van der Waals surface area contributed by atoms with E-state index < -0.39 is 5.60 Å². The number of benzene rings is 2. The summed E-state index contributed by atoms with van der Waals surface area (Å²) < 4.78 is 22.0. The van der Waals surface area contributed by atoms with Gasteiger partial charge in [0, 0.05) is 31.5 Å². The maximum Gasteiger partial charge on any atom is 0.253 e. The van der Waals surface area contributed by atoms with E-state index in [1.165, 1.54) is 0 Å². The standard InChI is InChI=1S/C23H25NO6/c1-27-16-5-7-19-17(13-16)18(25)14-23(30-19)8-10-24(11-9-23)22(26)15-4-6-20(28-2)21(12-15)29-3/h4-7,12-13H,8-11,14H2,1-3H3. The van der Waals surface area contributed by atoms with Crippen molar-refractivity contribution in [1.29, 1.82) is 0 Å². The van der Waals surface area contributed by atoms with Gasteiger partial charge in [0.1, 0.15) is 17.1 Å². The van der Waals surface area contributed by atoms with Gasteiger partial charge in [-0.05, 0) is 36.4 Å². The highest BCUT2D eigenvalue weighted by Crippen LogP contribution is 2.41. The number of nitrogens with zero attached hydrogens (tertiary/aromatic N) is 1. The maximum atomic E-state index is 13.0. The molecule has 1 fully saturated rings. The molecular weight excluding hydrogens is 386 g/mol. The van der Waals surface area contributed by atoms with Crippen LogP contribution in [0.25, 0.3) is 0 Å². The van der Waals surface area contributed by atoms with Crippen LogP contribution >= 0.6 is 0 Å². The number of hydrogen-bond acceptors (Lipinski definition) is 6. The number of ketones is 1. The van der Waals surface area contributed by atoms with E-state index in [2.05, 4.69) is 0 Å². The second-order valence-electron chi connectivity index (χ2n) is 7.61. The molecule has 1 spiro atoms. The number of hydrogen-bond donors (Lipinski definition) is 0. The third kappa shape index (κ3) is 3.56. The van der Waals surface area contributed by atoms with E-state index >= 15 is 0 Å². The summed E-state index contributed by atoms with van der Waals surface area (Å²) in [6.45, 7) is 1.04. The number of methoxy groups -OCH3 is 3. The van der Waals surface area contributed by atoms with E-state index in [0.29, 0.717) is 66.5 Å². The summed E-state index contributed by atoms with van der Waals surface area (Å²) in [4.78, 5) is 27.5. The Balaban J connectivity index is 1.47. The zero-order chi connectivity index (χ0) is 21.3. The zero-order valence-electron chi connectivity index (χ0n) is 17.4. The zero-order valence-corrected chi connectivity index (χ0v) is 17.4. The Hall–Kier alpha value is -3.22. The van der Waals surface area contributed by atoms with Crippen LogP contribution in [0.1, 0.15) is 40.0 Å². The van der Waals surface area contributed by atoms with Gasteiger partial charge in [-0.1, -0.05) is 0 Å². The van der Waals surface area contributed by atoms with Crippen molar-refractivity contribution in [2.75, 3.05) is 34.4 Å².